The summed E-state index contributed by atoms with van der Waals surface area (Å²) in [7, 11) is 0. The third kappa shape index (κ3) is 4.54. The zero-order valence-electron chi connectivity index (χ0n) is 11.7. The number of rotatable bonds is 5. The first-order valence-corrected chi connectivity index (χ1v) is 7.99. The van der Waals surface area contributed by atoms with E-state index in [9.17, 15) is 4.79 Å². The van der Waals surface area contributed by atoms with Gasteiger partial charge in [0.15, 0.2) is 5.82 Å². The highest BCUT2D eigenvalue weighted by Gasteiger charge is 2.20. The minimum Gasteiger partial charge on any atom is -0.320 e. The number of aromatic nitrogens is 2. The van der Waals surface area contributed by atoms with Crippen LogP contribution in [0.4, 0.5) is 5.82 Å². The van der Waals surface area contributed by atoms with E-state index in [1.54, 1.807) is 17.4 Å². The first-order chi connectivity index (χ1) is 9.51. The quantitative estimate of drug-likeness (QED) is 0.725. The van der Waals surface area contributed by atoms with Crippen LogP contribution in [0.2, 0.25) is 0 Å². The Balaban J connectivity index is 0.00000220. The minimum absolute atomic E-state index is 0. The topological polar surface area (TPSA) is 83.8 Å². The van der Waals surface area contributed by atoms with E-state index in [0.29, 0.717) is 5.82 Å². The molecule has 8 heteroatoms. The number of anilines is 1. The maximum absolute atomic E-state index is 12.0. The van der Waals surface area contributed by atoms with Crippen molar-refractivity contribution >= 4 is 51.4 Å². The van der Waals surface area contributed by atoms with Crippen LogP contribution in [-0.2, 0) is 4.79 Å². The lowest BCUT2D eigenvalue weighted by Crippen LogP contribution is -2.40. The fourth-order valence-electron chi connectivity index (χ4n) is 1.69. The van der Waals surface area contributed by atoms with E-state index >= 15 is 0 Å². The highest BCUT2D eigenvalue weighted by atomic mass is 79.9. The molecule has 4 N–H and O–H groups in total. The molecule has 5 nitrogen and oxygen atoms in total. The summed E-state index contributed by atoms with van der Waals surface area (Å²) in [6.45, 7) is 3.97. The number of halogens is 2. The summed E-state index contributed by atoms with van der Waals surface area (Å²) < 4.78 is 1.05. The van der Waals surface area contributed by atoms with E-state index in [2.05, 4.69) is 31.4 Å². The van der Waals surface area contributed by atoms with Crippen molar-refractivity contribution in [2.24, 2.45) is 11.7 Å². The smallest absolute Gasteiger partial charge is 0.242 e. The SMILES string of the molecule is CCC(C)C(N)C(=O)Nc1cc(-c2ccc(Br)s2)[nH]n1.Cl. The number of nitrogens with one attached hydrogen (secondary N) is 2. The summed E-state index contributed by atoms with van der Waals surface area (Å²) in [4.78, 5) is 13.0. The molecule has 2 atom stereocenters. The first kappa shape index (κ1) is 18.2. The largest absolute Gasteiger partial charge is 0.320 e. The monoisotopic (exact) mass is 392 g/mol. The number of aromatic amines is 1. The lowest BCUT2D eigenvalue weighted by atomic mass is 9.99. The summed E-state index contributed by atoms with van der Waals surface area (Å²) in [5.74, 6) is 0.430. The highest BCUT2D eigenvalue weighted by molar-refractivity contribution is 9.11. The molecule has 0 aliphatic rings. The number of thiophene rings is 1. The molecular formula is C13H18BrClN4OS. The van der Waals surface area contributed by atoms with E-state index < -0.39 is 6.04 Å². The van der Waals surface area contributed by atoms with E-state index in [1.807, 2.05) is 26.0 Å². The second-order valence-electron chi connectivity index (χ2n) is 4.67. The van der Waals surface area contributed by atoms with Gasteiger partial charge < -0.3 is 11.1 Å². The summed E-state index contributed by atoms with van der Waals surface area (Å²) >= 11 is 5.01. The molecule has 0 saturated heterocycles. The number of nitrogens with two attached hydrogens (primary N) is 1. The van der Waals surface area contributed by atoms with Crippen LogP contribution in [0.5, 0.6) is 0 Å². The molecule has 0 aromatic carbocycles. The summed E-state index contributed by atoms with van der Waals surface area (Å²) in [5.41, 5.74) is 6.75. The fourth-order valence-corrected chi connectivity index (χ4v) is 3.05. The molecule has 0 radical (unpaired) electrons. The summed E-state index contributed by atoms with van der Waals surface area (Å²) in [5, 5.41) is 9.74. The molecule has 0 aliphatic heterocycles. The third-order valence-corrected chi connectivity index (χ3v) is 4.88. The Morgan fingerprint density at radius 2 is 2.29 bits per heavy atom. The van der Waals surface area contributed by atoms with Crippen molar-refractivity contribution in [3.63, 3.8) is 0 Å². The third-order valence-electron chi connectivity index (χ3n) is 3.23. The molecule has 0 aliphatic carbocycles. The Morgan fingerprint density at radius 1 is 1.57 bits per heavy atom. The van der Waals surface area contributed by atoms with E-state index in [1.165, 1.54) is 0 Å². The van der Waals surface area contributed by atoms with Crippen LogP contribution < -0.4 is 11.1 Å². The Labute approximate surface area is 142 Å². The van der Waals surface area contributed by atoms with Crippen LogP contribution in [-0.4, -0.2) is 22.1 Å². The lowest BCUT2D eigenvalue weighted by Gasteiger charge is -2.16. The molecule has 21 heavy (non-hydrogen) atoms. The molecule has 0 spiro atoms. The van der Waals surface area contributed by atoms with Gasteiger partial charge >= 0.3 is 0 Å². The van der Waals surface area contributed by atoms with Crippen LogP contribution in [0.25, 0.3) is 10.6 Å². The molecule has 2 heterocycles. The van der Waals surface area contributed by atoms with Crippen molar-refractivity contribution in [1.29, 1.82) is 0 Å². The maximum atomic E-state index is 12.0. The van der Waals surface area contributed by atoms with Gasteiger partial charge in [-0.2, -0.15) is 5.10 Å². The van der Waals surface area contributed by atoms with Crippen LogP contribution >= 0.6 is 39.7 Å². The average Bonchev–Trinajstić information content (AvgIpc) is 3.05. The predicted octanol–water partition coefficient (Wildman–Crippen LogP) is 3.63. The number of nitrogens with zero attached hydrogens (tertiary/aromatic N) is 1. The van der Waals surface area contributed by atoms with E-state index in [-0.39, 0.29) is 24.2 Å². The number of hydrogen-bond donors (Lipinski definition) is 3. The van der Waals surface area contributed by atoms with Crippen LogP contribution in [0, 0.1) is 5.92 Å². The zero-order valence-corrected chi connectivity index (χ0v) is 14.9. The number of hydrogen-bond acceptors (Lipinski definition) is 4. The number of carbonyl (C=O) groups excluding carboxylic acids is 1. The van der Waals surface area contributed by atoms with Gasteiger partial charge in [0, 0.05) is 6.07 Å². The molecule has 0 fully saturated rings. The van der Waals surface area contributed by atoms with Gasteiger partial charge in [-0.3, -0.25) is 9.89 Å². The van der Waals surface area contributed by atoms with Crippen molar-refractivity contribution < 1.29 is 4.79 Å². The standard InChI is InChI=1S/C13H17BrN4OS.ClH/c1-3-7(2)12(15)13(19)16-11-6-8(17-18-11)9-4-5-10(14)20-9;/h4-7,12H,3,15H2,1-2H3,(H2,16,17,18,19);1H. The van der Waals surface area contributed by atoms with Crippen molar-refractivity contribution in [1.82, 2.24) is 10.2 Å². The van der Waals surface area contributed by atoms with Gasteiger partial charge in [0.1, 0.15) is 0 Å². The second-order valence-corrected chi connectivity index (χ2v) is 7.13. The molecule has 0 saturated carbocycles. The number of H-pyrrole nitrogens is 1. The molecule has 1 amide bonds. The fraction of sp³-hybridized carbons (Fsp3) is 0.385. The van der Waals surface area contributed by atoms with Crippen LogP contribution in [0.15, 0.2) is 22.0 Å². The average molecular weight is 394 g/mol. The number of carbonyl (C=O) groups is 1. The lowest BCUT2D eigenvalue weighted by molar-refractivity contribution is -0.118. The summed E-state index contributed by atoms with van der Waals surface area (Å²) in [6, 6.07) is 5.24. The van der Waals surface area contributed by atoms with Gasteiger partial charge in [0.2, 0.25) is 5.91 Å². The van der Waals surface area contributed by atoms with Crippen LogP contribution in [0.3, 0.4) is 0 Å². The van der Waals surface area contributed by atoms with Gasteiger partial charge in [0.25, 0.3) is 0 Å². The normalized spacial score (nSPS) is 13.3. The zero-order chi connectivity index (χ0) is 14.7. The molecule has 2 aromatic rings. The van der Waals surface area contributed by atoms with Crippen molar-refractivity contribution in [3.05, 3.63) is 22.0 Å². The second kappa shape index (κ2) is 7.93. The molecule has 2 rings (SSSR count). The van der Waals surface area contributed by atoms with Crippen molar-refractivity contribution in [2.75, 3.05) is 5.32 Å². The van der Waals surface area contributed by atoms with Crippen molar-refractivity contribution in [2.45, 2.75) is 26.3 Å². The molecule has 0 bridgehead atoms. The Kier molecular flexibility index (Phi) is 6.86. The summed E-state index contributed by atoms with van der Waals surface area (Å²) in [6.07, 6.45) is 0.865. The maximum Gasteiger partial charge on any atom is 0.242 e. The molecule has 2 unspecified atom stereocenters. The molecule has 116 valence electrons. The van der Waals surface area contributed by atoms with Crippen molar-refractivity contribution in [3.8, 4) is 10.6 Å². The first-order valence-electron chi connectivity index (χ1n) is 6.38. The Morgan fingerprint density at radius 3 is 2.86 bits per heavy atom. The van der Waals surface area contributed by atoms with Gasteiger partial charge in [-0.25, -0.2) is 0 Å². The Hall–Kier alpha value is -0.890. The van der Waals surface area contributed by atoms with E-state index in [0.717, 1.165) is 20.8 Å². The van der Waals surface area contributed by atoms with E-state index in [4.69, 9.17) is 5.73 Å². The minimum atomic E-state index is -0.518. The highest BCUT2D eigenvalue weighted by Crippen LogP contribution is 2.30. The Bertz CT molecular complexity index is 601. The van der Waals surface area contributed by atoms with Gasteiger partial charge in [-0.05, 0) is 34.0 Å². The van der Waals surface area contributed by atoms with Gasteiger partial charge in [0.05, 0.1) is 20.4 Å². The van der Waals surface area contributed by atoms with Gasteiger partial charge in [-0.15, -0.1) is 23.7 Å². The predicted molar refractivity (Wildman–Crippen MR) is 92.9 cm³/mol. The van der Waals surface area contributed by atoms with Crippen LogP contribution in [0.1, 0.15) is 20.3 Å². The number of amides is 1. The van der Waals surface area contributed by atoms with Gasteiger partial charge in [-0.1, -0.05) is 20.3 Å². The molecule has 2 aromatic heterocycles. The molecular weight excluding hydrogens is 376 g/mol.